The average molecular weight is 412 g/mol. The Morgan fingerprint density at radius 3 is 2.38 bits per heavy atom. The second-order valence-corrected chi connectivity index (χ2v) is 7.90. The predicted octanol–water partition coefficient (Wildman–Crippen LogP) is 5.07. The molecule has 1 fully saturated rings. The van der Waals surface area contributed by atoms with E-state index in [1.54, 1.807) is 7.11 Å². The zero-order valence-corrected chi connectivity index (χ0v) is 17.6. The second-order valence-electron chi connectivity index (χ2n) is 6.76. The summed E-state index contributed by atoms with van der Waals surface area (Å²) in [7, 11) is 4.49. The van der Waals surface area contributed by atoms with Gasteiger partial charge in [-0.15, -0.1) is 0 Å². The van der Waals surface area contributed by atoms with E-state index in [9.17, 15) is 4.79 Å². The maximum atomic E-state index is 12.4. The zero-order chi connectivity index (χ0) is 20.8. The molecule has 1 aliphatic rings. The molecule has 0 spiro atoms. The second kappa shape index (κ2) is 9.65. The maximum Gasteiger partial charge on any atom is 0.341 e. The third-order valence-corrected chi connectivity index (χ3v) is 6.14. The molecule has 0 saturated heterocycles. The number of hydrogen-bond acceptors (Lipinski definition) is 6. The SMILES string of the molecule is COC=C(C(=O)OC)c1ccccc1C(SC(=N)C1CC1)c1ccc(OC)cc1. The lowest BCUT2D eigenvalue weighted by Crippen LogP contribution is -2.10. The highest BCUT2D eigenvalue weighted by Crippen LogP contribution is 2.45. The Kier molecular flexibility index (Phi) is 6.99. The van der Waals surface area contributed by atoms with Gasteiger partial charge >= 0.3 is 5.97 Å². The first kappa shape index (κ1) is 21.0. The van der Waals surface area contributed by atoms with Gasteiger partial charge in [-0.05, 0) is 41.7 Å². The van der Waals surface area contributed by atoms with Crippen LogP contribution in [0.25, 0.3) is 5.57 Å². The molecule has 0 bridgehead atoms. The molecule has 29 heavy (non-hydrogen) atoms. The number of ether oxygens (including phenoxy) is 3. The van der Waals surface area contributed by atoms with Gasteiger partial charge in [-0.1, -0.05) is 48.2 Å². The number of benzene rings is 2. The standard InChI is InChI=1S/C23H25NO4S/c1-26-14-20(23(25)28-3)18-6-4-5-7-19(18)21(29-22(24)16-8-9-16)15-10-12-17(27-2)13-11-15/h4-7,10-14,16,21,24H,8-9H2,1-3H3. The maximum absolute atomic E-state index is 12.4. The van der Waals surface area contributed by atoms with E-state index < -0.39 is 5.97 Å². The average Bonchev–Trinajstić information content (AvgIpc) is 3.61. The number of hydrogen-bond donors (Lipinski definition) is 1. The fourth-order valence-electron chi connectivity index (χ4n) is 3.08. The number of nitrogens with one attached hydrogen (secondary N) is 1. The lowest BCUT2D eigenvalue weighted by molar-refractivity contribution is -0.133. The van der Waals surface area contributed by atoms with Crippen molar-refractivity contribution in [2.24, 2.45) is 5.92 Å². The van der Waals surface area contributed by atoms with Crippen molar-refractivity contribution in [2.45, 2.75) is 18.1 Å². The molecule has 0 amide bonds. The van der Waals surface area contributed by atoms with Crippen LogP contribution in [0.3, 0.4) is 0 Å². The minimum atomic E-state index is -0.463. The van der Waals surface area contributed by atoms with Gasteiger partial charge in [0.15, 0.2) is 0 Å². The van der Waals surface area contributed by atoms with E-state index in [4.69, 9.17) is 19.6 Å². The van der Waals surface area contributed by atoms with Crippen molar-refractivity contribution in [1.82, 2.24) is 0 Å². The molecule has 152 valence electrons. The fraction of sp³-hybridized carbons (Fsp3) is 0.304. The minimum absolute atomic E-state index is 0.143. The Morgan fingerprint density at radius 2 is 1.79 bits per heavy atom. The number of carbonyl (C=O) groups excluding carboxylic acids is 1. The lowest BCUT2D eigenvalue weighted by atomic mass is 9.94. The lowest BCUT2D eigenvalue weighted by Gasteiger charge is -2.22. The van der Waals surface area contributed by atoms with Crippen molar-refractivity contribution in [3.8, 4) is 5.75 Å². The summed E-state index contributed by atoms with van der Waals surface area (Å²) >= 11 is 1.53. The van der Waals surface area contributed by atoms with Crippen molar-refractivity contribution in [1.29, 1.82) is 5.41 Å². The monoisotopic (exact) mass is 411 g/mol. The number of rotatable bonds is 8. The molecule has 3 rings (SSSR count). The topological polar surface area (TPSA) is 68.6 Å². The van der Waals surface area contributed by atoms with Crippen LogP contribution in [-0.2, 0) is 14.3 Å². The summed E-state index contributed by atoms with van der Waals surface area (Å²) in [5.41, 5.74) is 3.05. The molecule has 1 atom stereocenters. The van der Waals surface area contributed by atoms with Gasteiger partial charge < -0.3 is 14.2 Å². The van der Waals surface area contributed by atoms with E-state index in [0.717, 1.165) is 35.3 Å². The highest BCUT2D eigenvalue weighted by Gasteiger charge is 2.31. The van der Waals surface area contributed by atoms with Crippen molar-refractivity contribution >= 4 is 28.3 Å². The molecule has 1 unspecified atom stereocenters. The normalized spacial score (nSPS) is 14.8. The molecule has 5 nitrogen and oxygen atoms in total. The number of esters is 1. The van der Waals surface area contributed by atoms with Crippen molar-refractivity contribution in [3.05, 3.63) is 71.5 Å². The van der Waals surface area contributed by atoms with Crippen LogP contribution in [0.15, 0.2) is 54.8 Å². The molecule has 0 heterocycles. The van der Waals surface area contributed by atoms with Gasteiger partial charge in [-0.25, -0.2) is 4.79 Å². The van der Waals surface area contributed by atoms with Crippen LogP contribution in [0.4, 0.5) is 0 Å². The number of carbonyl (C=O) groups is 1. The first-order valence-electron chi connectivity index (χ1n) is 9.38. The minimum Gasteiger partial charge on any atom is -0.503 e. The van der Waals surface area contributed by atoms with E-state index in [-0.39, 0.29) is 5.25 Å². The van der Waals surface area contributed by atoms with E-state index in [0.29, 0.717) is 16.5 Å². The Balaban J connectivity index is 2.08. The van der Waals surface area contributed by atoms with E-state index in [2.05, 4.69) is 0 Å². The van der Waals surface area contributed by atoms with Crippen LogP contribution in [0, 0.1) is 11.3 Å². The van der Waals surface area contributed by atoms with Gasteiger partial charge in [0.1, 0.15) is 11.3 Å². The summed E-state index contributed by atoms with van der Waals surface area (Å²) in [6, 6.07) is 15.5. The Labute approximate surface area is 175 Å². The quantitative estimate of drug-likeness (QED) is 0.216. The molecule has 2 aromatic rings. The fourth-order valence-corrected chi connectivity index (χ4v) is 4.39. The number of thioether (sulfide) groups is 1. The molecular formula is C23H25NO4S. The highest BCUT2D eigenvalue weighted by atomic mass is 32.2. The van der Waals surface area contributed by atoms with Gasteiger partial charge in [0.25, 0.3) is 0 Å². The first-order chi connectivity index (χ1) is 14.1. The summed E-state index contributed by atoms with van der Waals surface area (Å²) < 4.78 is 15.4. The van der Waals surface area contributed by atoms with Crippen LogP contribution >= 0.6 is 11.8 Å². The molecule has 0 radical (unpaired) electrons. The summed E-state index contributed by atoms with van der Waals surface area (Å²) in [5, 5.41) is 9.03. The Hall–Kier alpha value is -2.73. The van der Waals surface area contributed by atoms with Crippen molar-refractivity contribution < 1.29 is 19.0 Å². The highest BCUT2D eigenvalue weighted by molar-refractivity contribution is 8.14. The smallest absolute Gasteiger partial charge is 0.341 e. The molecule has 2 aromatic carbocycles. The first-order valence-corrected chi connectivity index (χ1v) is 10.3. The van der Waals surface area contributed by atoms with Crippen LogP contribution in [0.2, 0.25) is 0 Å². The summed E-state index contributed by atoms with van der Waals surface area (Å²) in [4.78, 5) is 12.4. The molecule has 1 aliphatic carbocycles. The predicted molar refractivity (Wildman–Crippen MR) is 116 cm³/mol. The Bertz CT molecular complexity index is 903. The van der Waals surface area contributed by atoms with E-state index >= 15 is 0 Å². The van der Waals surface area contributed by atoms with Crippen molar-refractivity contribution in [3.63, 3.8) is 0 Å². The molecule has 0 aromatic heterocycles. The van der Waals surface area contributed by atoms with E-state index in [1.807, 2.05) is 48.5 Å². The van der Waals surface area contributed by atoms with Gasteiger partial charge in [-0.2, -0.15) is 0 Å². The third-order valence-electron chi connectivity index (χ3n) is 4.79. The summed E-state index contributed by atoms with van der Waals surface area (Å²) in [6.45, 7) is 0. The summed E-state index contributed by atoms with van der Waals surface area (Å²) in [6.07, 6.45) is 3.55. The van der Waals surface area contributed by atoms with E-state index in [1.165, 1.54) is 32.2 Å². The molecule has 6 heteroatoms. The number of methoxy groups -OCH3 is 3. The van der Waals surface area contributed by atoms with Crippen LogP contribution < -0.4 is 4.74 Å². The third kappa shape index (κ3) is 5.01. The molecule has 1 N–H and O–H groups in total. The van der Waals surface area contributed by atoms with Crippen LogP contribution in [-0.4, -0.2) is 32.3 Å². The molecular weight excluding hydrogens is 386 g/mol. The van der Waals surface area contributed by atoms with Gasteiger partial charge in [0.05, 0.1) is 37.9 Å². The van der Waals surface area contributed by atoms with Crippen LogP contribution in [0.5, 0.6) is 5.75 Å². The van der Waals surface area contributed by atoms with Crippen molar-refractivity contribution in [2.75, 3.05) is 21.3 Å². The molecule has 1 saturated carbocycles. The van der Waals surface area contributed by atoms with Gasteiger partial charge in [0.2, 0.25) is 0 Å². The van der Waals surface area contributed by atoms with Gasteiger partial charge in [-0.3, -0.25) is 5.41 Å². The van der Waals surface area contributed by atoms with Gasteiger partial charge in [0, 0.05) is 5.92 Å². The summed E-state index contributed by atoms with van der Waals surface area (Å²) in [5.74, 6) is 0.662. The zero-order valence-electron chi connectivity index (χ0n) is 16.8. The van der Waals surface area contributed by atoms with Crippen LogP contribution in [0.1, 0.15) is 34.8 Å². The Morgan fingerprint density at radius 1 is 1.10 bits per heavy atom. The largest absolute Gasteiger partial charge is 0.503 e. The molecule has 0 aliphatic heterocycles.